The van der Waals surface area contributed by atoms with Crippen molar-refractivity contribution >= 4 is 11.6 Å². The van der Waals surface area contributed by atoms with Gasteiger partial charge in [0.15, 0.2) is 17.1 Å². The maximum atomic E-state index is 5.81. The van der Waals surface area contributed by atoms with E-state index < -0.39 is 0 Å². The molecule has 2 heterocycles. The second-order valence-electron chi connectivity index (χ2n) is 5.22. The van der Waals surface area contributed by atoms with E-state index in [2.05, 4.69) is 10.1 Å². The van der Waals surface area contributed by atoms with Crippen LogP contribution >= 0.6 is 0 Å². The zero-order valence-corrected chi connectivity index (χ0v) is 12.8. The third-order valence-corrected chi connectivity index (χ3v) is 3.21. The molecule has 0 atom stereocenters. The summed E-state index contributed by atoms with van der Waals surface area (Å²) >= 11 is 0. The number of pyridine rings is 1. The van der Waals surface area contributed by atoms with E-state index in [0.717, 1.165) is 11.1 Å². The van der Waals surface area contributed by atoms with Crippen molar-refractivity contribution in [2.24, 2.45) is 0 Å². The molecule has 0 radical (unpaired) electrons. The van der Waals surface area contributed by atoms with Gasteiger partial charge in [0.2, 0.25) is 5.95 Å². The number of anilines is 1. The van der Waals surface area contributed by atoms with Gasteiger partial charge in [-0.15, -0.1) is 5.10 Å². The van der Waals surface area contributed by atoms with Crippen LogP contribution in [0.1, 0.15) is 13.8 Å². The number of hydrogen-bond acceptors (Lipinski definition) is 5. The van der Waals surface area contributed by atoms with E-state index in [0.29, 0.717) is 17.1 Å². The Morgan fingerprint density at radius 3 is 2.59 bits per heavy atom. The van der Waals surface area contributed by atoms with Crippen LogP contribution in [0.3, 0.4) is 0 Å². The predicted octanol–water partition coefficient (Wildman–Crippen LogP) is 2.77. The zero-order chi connectivity index (χ0) is 15.7. The Bertz CT molecular complexity index is 811. The highest BCUT2D eigenvalue weighted by Crippen LogP contribution is 2.33. The summed E-state index contributed by atoms with van der Waals surface area (Å²) in [7, 11) is 1.63. The summed E-state index contributed by atoms with van der Waals surface area (Å²) in [5.74, 6) is 1.69. The largest absolute Gasteiger partial charge is 0.493 e. The predicted molar refractivity (Wildman–Crippen MR) is 85.2 cm³/mol. The van der Waals surface area contributed by atoms with E-state index in [-0.39, 0.29) is 12.1 Å². The minimum atomic E-state index is 0.0711. The molecule has 0 saturated carbocycles. The van der Waals surface area contributed by atoms with Crippen LogP contribution < -0.4 is 15.2 Å². The Morgan fingerprint density at radius 2 is 1.86 bits per heavy atom. The van der Waals surface area contributed by atoms with E-state index in [1.165, 1.54) is 0 Å². The van der Waals surface area contributed by atoms with Gasteiger partial charge in [0, 0.05) is 11.8 Å². The quantitative estimate of drug-likeness (QED) is 0.801. The Balaban J connectivity index is 2.05. The van der Waals surface area contributed by atoms with E-state index in [9.17, 15) is 0 Å². The average molecular weight is 298 g/mol. The summed E-state index contributed by atoms with van der Waals surface area (Å²) in [6.45, 7) is 3.96. The molecule has 6 nitrogen and oxygen atoms in total. The number of ether oxygens (including phenoxy) is 2. The molecular formula is C16H18N4O2. The smallest absolute Gasteiger partial charge is 0.240 e. The van der Waals surface area contributed by atoms with E-state index in [1.807, 2.05) is 50.4 Å². The highest BCUT2D eigenvalue weighted by Gasteiger charge is 2.10. The molecule has 1 aromatic carbocycles. The van der Waals surface area contributed by atoms with Gasteiger partial charge in [-0.05, 0) is 43.7 Å². The summed E-state index contributed by atoms with van der Waals surface area (Å²) in [4.78, 5) is 4.12. The van der Waals surface area contributed by atoms with E-state index >= 15 is 0 Å². The van der Waals surface area contributed by atoms with Crippen LogP contribution in [-0.2, 0) is 0 Å². The SMILES string of the molecule is COc1ccc(-c2ccc3nc(N)nn3c2)cc1OC(C)C. The molecule has 114 valence electrons. The fourth-order valence-corrected chi connectivity index (χ4v) is 2.27. The number of nitrogens with two attached hydrogens (primary N) is 1. The fourth-order valence-electron chi connectivity index (χ4n) is 2.27. The summed E-state index contributed by atoms with van der Waals surface area (Å²) < 4.78 is 12.8. The van der Waals surface area contributed by atoms with Crippen molar-refractivity contribution < 1.29 is 9.47 Å². The molecule has 0 unspecified atom stereocenters. The molecule has 0 bridgehead atoms. The fraction of sp³-hybridized carbons (Fsp3) is 0.250. The van der Waals surface area contributed by atoms with Crippen LogP contribution in [-0.4, -0.2) is 27.8 Å². The first kappa shape index (κ1) is 14.2. The Morgan fingerprint density at radius 1 is 1.09 bits per heavy atom. The third-order valence-electron chi connectivity index (χ3n) is 3.21. The van der Waals surface area contributed by atoms with Gasteiger partial charge in [0.1, 0.15) is 0 Å². The molecule has 2 N–H and O–H groups in total. The summed E-state index contributed by atoms with van der Waals surface area (Å²) in [5, 5.41) is 4.13. The molecule has 0 aliphatic carbocycles. The topological polar surface area (TPSA) is 74.7 Å². The minimum absolute atomic E-state index is 0.0711. The number of methoxy groups -OCH3 is 1. The number of nitrogens with zero attached hydrogens (tertiary/aromatic N) is 3. The molecule has 0 aliphatic heterocycles. The maximum absolute atomic E-state index is 5.81. The van der Waals surface area contributed by atoms with Crippen molar-refractivity contribution in [1.29, 1.82) is 0 Å². The molecule has 0 amide bonds. The number of fused-ring (bicyclic) bond motifs is 1. The van der Waals surface area contributed by atoms with Crippen molar-refractivity contribution in [3.63, 3.8) is 0 Å². The third kappa shape index (κ3) is 2.67. The standard InChI is InChI=1S/C16H18N4O2/c1-10(2)22-14-8-11(4-6-13(14)21-3)12-5-7-15-18-16(17)19-20(15)9-12/h4-10H,1-3H3,(H2,17,19). The van der Waals surface area contributed by atoms with Crippen LogP contribution in [0.4, 0.5) is 5.95 Å². The van der Waals surface area contributed by atoms with Crippen LogP contribution in [0.2, 0.25) is 0 Å². The van der Waals surface area contributed by atoms with Crippen molar-refractivity contribution in [1.82, 2.24) is 14.6 Å². The highest BCUT2D eigenvalue weighted by atomic mass is 16.5. The highest BCUT2D eigenvalue weighted by molar-refractivity contribution is 5.68. The van der Waals surface area contributed by atoms with Gasteiger partial charge in [-0.25, -0.2) is 4.52 Å². The lowest BCUT2D eigenvalue weighted by Crippen LogP contribution is -2.06. The molecule has 6 heteroatoms. The van der Waals surface area contributed by atoms with Crippen LogP contribution in [0, 0.1) is 0 Å². The van der Waals surface area contributed by atoms with Gasteiger partial charge >= 0.3 is 0 Å². The van der Waals surface area contributed by atoms with Crippen LogP contribution in [0.15, 0.2) is 36.5 Å². The van der Waals surface area contributed by atoms with Gasteiger partial charge in [-0.3, -0.25) is 0 Å². The number of rotatable bonds is 4. The van der Waals surface area contributed by atoms with Crippen molar-refractivity contribution in [3.05, 3.63) is 36.5 Å². The lowest BCUT2D eigenvalue weighted by Gasteiger charge is -2.14. The minimum Gasteiger partial charge on any atom is -0.493 e. The molecule has 3 rings (SSSR count). The second kappa shape index (κ2) is 5.55. The molecule has 0 saturated heterocycles. The monoisotopic (exact) mass is 298 g/mol. The average Bonchev–Trinajstić information content (AvgIpc) is 2.85. The maximum Gasteiger partial charge on any atom is 0.240 e. The van der Waals surface area contributed by atoms with Crippen LogP contribution in [0.25, 0.3) is 16.8 Å². The number of benzene rings is 1. The van der Waals surface area contributed by atoms with Gasteiger partial charge in [-0.1, -0.05) is 6.07 Å². The van der Waals surface area contributed by atoms with E-state index in [1.54, 1.807) is 11.6 Å². The number of nitrogen functional groups attached to an aromatic ring is 1. The summed E-state index contributed by atoms with van der Waals surface area (Å²) in [6.07, 6.45) is 1.96. The molecule has 22 heavy (non-hydrogen) atoms. The molecule has 2 aromatic heterocycles. The molecular weight excluding hydrogens is 280 g/mol. The van der Waals surface area contributed by atoms with Crippen molar-refractivity contribution in [2.45, 2.75) is 20.0 Å². The number of aromatic nitrogens is 3. The first-order valence-corrected chi connectivity index (χ1v) is 7.04. The summed E-state index contributed by atoms with van der Waals surface area (Å²) in [6, 6.07) is 9.69. The lowest BCUT2D eigenvalue weighted by atomic mass is 10.1. The van der Waals surface area contributed by atoms with Crippen molar-refractivity contribution in [2.75, 3.05) is 12.8 Å². The van der Waals surface area contributed by atoms with E-state index in [4.69, 9.17) is 15.2 Å². The zero-order valence-electron chi connectivity index (χ0n) is 12.8. The molecule has 0 aliphatic rings. The molecule has 0 spiro atoms. The molecule has 0 fully saturated rings. The first-order chi connectivity index (χ1) is 10.6. The summed E-state index contributed by atoms with van der Waals surface area (Å²) in [5.41, 5.74) is 8.33. The second-order valence-corrected chi connectivity index (χ2v) is 5.22. The lowest BCUT2D eigenvalue weighted by molar-refractivity contribution is 0.230. The van der Waals surface area contributed by atoms with Crippen LogP contribution in [0.5, 0.6) is 11.5 Å². The normalized spacial score (nSPS) is 11.1. The Hall–Kier alpha value is -2.76. The van der Waals surface area contributed by atoms with Gasteiger partial charge in [0.05, 0.1) is 13.2 Å². The van der Waals surface area contributed by atoms with Gasteiger partial charge < -0.3 is 15.2 Å². The Labute approximate surface area is 128 Å². The first-order valence-electron chi connectivity index (χ1n) is 7.04. The number of hydrogen-bond donors (Lipinski definition) is 1. The molecule has 3 aromatic rings. The van der Waals surface area contributed by atoms with Gasteiger partial charge in [-0.2, -0.15) is 4.98 Å². The van der Waals surface area contributed by atoms with Crippen molar-refractivity contribution in [3.8, 4) is 22.6 Å². The van der Waals surface area contributed by atoms with Gasteiger partial charge in [0.25, 0.3) is 0 Å². The Kier molecular flexibility index (Phi) is 3.58.